The van der Waals surface area contributed by atoms with Crippen LogP contribution in [0.1, 0.15) is 34.0 Å². The van der Waals surface area contributed by atoms with Gasteiger partial charge in [-0.1, -0.05) is 60.1 Å². The Bertz CT molecular complexity index is 1340. The number of ether oxygens (including phenoxy) is 3. The maximum Gasteiger partial charge on any atom is 0.271 e. The molecule has 1 amide bonds. The molecular formula is C30H27ClN2O4. The summed E-state index contributed by atoms with van der Waals surface area (Å²) in [6, 6.07) is 29.8. The highest BCUT2D eigenvalue weighted by Gasteiger charge is 2.12. The largest absolute Gasteiger partial charge is 0.490 e. The first-order valence-electron chi connectivity index (χ1n) is 11.9. The first-order valence-corrected chi connectivity index (χ1v) is 12.2. The molecule has 4 aromatic rings. The summed E-state index contributed by atoms with van der Waals surface area (Å²) in [5, 5.41) is 4.74. The van der Waals surface area contributed by atoms with Crippen LogP contribution in [0.3, 0.4) is 0 Å². The van der Waals surface area contributed by atoms with Crippen molar-refractivity contribution in [3.05, 3.63) is 124 Å². The van der Waals surface area contributed by atoms with Crippen molar-refractivity contribution in [2.45, 2.75) is 20.1 Å². The molecule has 0 atom stereocenters. The summed E-state index contributed by atoms with van der Waals surface area (Å²) in [6.45, 7) is 3.11. The van der Waals surface area contributed by atoms with Crippen molar-refractivity contribution in [1.82, 2.24) is 5.43 Å². The van der Waals surface area contributed by atoms with Gasteiger partial charge in [-0.05, 0) is 66.6 Å². The molecule has 6 nitrogen and oxygen atoms in total. The van der Waals surface area contributed by atoms with Gasteiger partial charge < -0.3 is 14.2 Å². The van der Waals surface area contributed by atoms with Gasteiger partial charge in [0.15, 0.2) is 11.5 Å². The van der Waals surface area contributed by atoms with Gasteiger partial charge in [-0.25, -0.2) is 5.43 Å². The monoisotopic (exact) mass is 514 g/mol. The molecule has 0 saturated carbocycles. The van der Waals surface area contributed by atoms with Crippen LogP contribution in [0.25, 0.3) is 0 Å². The second-order valence-electron chi connectivity index (χ2n) is 8.02. The SMILES string of the molecule is CCOc1cc(C(=O)N/N=C/c2ccc(OCc3ccccc3Cl)cc2)ccc1OCc1ccccc1. The van der Waals surface area contributed by atoms with E-state index in [2.05, 4.69) is 10.5 Å². The number of halogens is 1. The molecule has 0 spiro atoms. The third-order valence-electron chi connectivity index (χ3n) is 5.35. The van der Waals surface area contributed by atoms with E-state index in [0.29, 0.717) is 47.7 Å². The summed E-state index contributed by atoms with van der Waals surface area (Å²) >= 11 is 6.17. The number of nitrogens with zero attached hydrogens (tertiary/aromatic N) is 1. The van der Waals surface area contributed by atoms with E-state index in [1.807, 2.05) is 85.8 Å². The number of rotatable bonds is 11. The van der Waals surface area contributed by atoms with Crippen LogP contribution in [-0.4, -0.2) is 18.7 Å². The Balaban J connectivity index is 1.32. The highest BCUT2D eigenvalue weighted by atomic mass is 35.5. The van der Waals surface area contributed by atoms with Crippen molar-refractivity contribution in [1.29, 1.82) is 0 Å². The minimum absolute atomic E-state index is 0.355. The van der Waals surface area contributed by atoms with E-state index in [0.717, 1.165) is 16.7 Å². The molecule has 188 valence electrons. The molecule has 0 bridgehead atoms. The standard InChI is InChI=1S/C30H27ClN2O4/c1-2-35-29-18-24(14-17-28(29)37-20-23-8-4-3-5-9-23)30(34)33-32-19-22-12-15-26(16-13-22)36-21-25-10-6-7-11-27(25)31/h3-19H,2,20-21H2,1H3,(H,33,34)/b32-19+. The number of benzene rings is 4. The number of hydrogen-bond acceptors (Lipinski definition) is 5. The van der Waals surface area contributed by atoms with Gasteiger partial charge in [0.1, 0.15) is 19.0 Å². The minimum Gasteiger partial charge on any atom is -0.490 e. The summed E-state index contributed by atoms with van der Waals surface area (Å²) in [5.74, 6) is 1.43. The zero-order valence-electron chi connectivity index (χ0n) is 20.4. The Morgan fingerprint density at radius 1 is 0.838 bits per heavy atom. The molecule has 0 heterocycles. The second-order valence-corrected chi connectivity index (χ2v) is 8.42. The Morgan fingerprint density at radius 3 is 2.35 bits per heavy atom. The van der Waals surface area contributed by atoms with Crippen LogP contribution in [0.2, 0.25) is 5.02 Å². The molecule has 0 fully saturated rings. The summed E-state index contributed by atoms with van der Waals surface area (Å²) in [5.41, 5.74) is 5.73. The average Bonchev–Trinajstić information content (AvgIpc) is 2.93. The maximum atomic E-state index is 12.6. The lowest BCUT2D eigenvalue weighted by atomic mass is 10.2. The van der Waals surface area contributed by atoms with Crippen LogP contribution in [0, 0.1) is 0 Å². The van der Waals surface area contributed by atoms with E-state index in [9.17, 15) is 4.79 Å². The van der Waals surface area contributed by atoms with Crippen molar-refractivity contribution in [2.24, 2.45) is 5.10 Å². The Morgan fingerprint density at radius 2 is 1.59 bits per heavy atom. The summed E-state index contributed by atoms with van der Waals surface area (Å²) in [7, 11) is 0. The maximum absolute atomic E-state index is 12.6. The normalized spacial score (nSPS) is 10.8. The van der Waals surface area contributed by atoms with E-state index in [4.69, 9.17) is 25.8 Å². The summed E-state index contributed by atoms with van der Waals surface area (Å²) in [6.07, 6.45) is 1.57. The van der Waals surface area contributed by atoms with Gasteiger partial charge >= 0.3 is 0 Å². The topological polar surface area (TPSA) is 69.2 Å². The summed E-state index contributed by atoms with van der Waals surface area (Å²) in [4.78, 5) is 12.6. The van der Waals surface area contributed by atoms with Gasteiger partial charge in [0, 0.05) is 16.1 Å². The van der Waals surface area contributed by atoms with Crippen molar-refractivity contribution < 1.29 is 19.0 Å². The molecule has 0 radical (unpaired) electrons. The van der Waals surface area contributed by atoms with E-state index in [1.54, 1.807) is 24.4 Å². The van der Waals surface area contributed by atoms with E-state index >= 15 is 0 Å². The summed E-state index contributed by atoms with van der Waals surface area (Å²) < 4.78 is 17.4. The number of amides is 1. The van der Waals surface area contributed by atoms with Crippen LogP contribution < -0.4 is 19.6 Å². The molecule has 0 aromatic heterocycles. The number of hydrogen-bond donors (Lipinski definition) is 1. The third-order valence-corrected chi connectivity index (χ3v) is 5.72. The highest BCUT2D eigenvalue weighted by Crippen LogP contribution is 2.29. The Hall–Kier alpha value is -4.29. The molecule has 1 N–H and O–H groups in total. The van der Waals surface area contributed by atoms with Crippen LogP contribution >= 0.6 is 11.6 Å². The molecule has 37 heavy (non-hydrogen) atoms. The Kier molecular flexibility index (Phi) is 9.16. The second kappa shape index (κ2) is 13.1. The lowest BCUT2D eigenvalue weighted by Gasteiger charge is -2.13. The average molecular weight is 515 g/mol. The number of nitrogens with one attached hydrogen (secondary N) is 1. The molecule has 7 heteroatoms. The number of hydrazone groups is 1. The van der Waals surface area contributed by atoms with Crippen LogP contribution in [0.15, 0.2) is 102 Å². The fraction of sp³-hybridized carbons (Fsp3) is 0.133. The van der Waals surface area contributed by atoms with Crippen molar-refractivity contribution in [3.63, 3.8) is 0 Å². The van der Waals surface area contributed by atoms with Crippen LogP contribution in [-0.2, 0) is 13.2 Å². The predicted octanol–water partition coefficient (Wildman–Crippen LogP) is 6.66. The quantitative estimate of drug-likeness (QED) is 0.179. The molecule has 4 aromatic carbocycles. The van der Waals surface area contributed by atoms with Crippen molar-refractivity contribution in [3.8, 4) is 17.2 Å². The molecule has 4 rings (SSSR count). The van der Waals surface area contributed by atoms with Gasteiger partial charge in [0.2, 0.25) is 0 Å². The zero-order chi connectivity index (χ0) is 25.9. The molecule has 0 saturated heterocycles. The molecule has 0 aliphatic rings. The zero-order valence-corrected chi connectivity index (χ0v) is 21.2. The van der Waals surface area contributed by atoms with Crippen LogP contribution in [0.5, 0.6) is 17.2 Å². The van der Waals surface area contributed by atoms with Gasteiger partial charge in [0.05, 0.1) is 12.8 Å². The molecular weight excluding hydrogens is 488 g/mol. The fourth-order valence-electron chi connectivity index (χ4n) is 3.43. The molecule has 0 unspecified atom stereocenters. The molecule has 0 aliphatic heterocycles. The third kappa shape index (κ3) is 7.59. The number of carbonyl (C=O) groups is 1. The molecule has 0 aliphatic carbocycles. The van der Waals surface area contributed by atoms with E-state index in [1.165, 1.54) is 0 Å². The van der Waals surface area contributed by atoms with E-state index in [-0.39, 0.29) is 5.91 Å². The lowest BCUT2D eigenvalue weighted by molar-refractivity contribution is 0.0954. The first kappa shape index (κ1) is 25.8. The lowest BCUT2D eigenvalue weighted by Crippen LogP contribution is -2.17. The van der Waals surface area contributed by atoms with Crippen molar-refractivity contribution >= 4 is 23.7 Å². The van der Waals surface area contributed by atoms with Crippen LogP contribution in [0.4, 0.5) is 0 Å². The smallest absolute Gasteiger partial charge is 0.271 e. The Labute approximate surface area is 221 Å². The van der Waals surface area contributed by atoms with Gasteiger partial charge in [-0.2, -0.15) is 5.10 Å². The predicted molar refractivity (Wildman–Crippen MR) is 146 cm³/mol. The van der Waals surface area contributed by atoms with Gasteiger partial charge in [-0.3, -0.25) is 4.79 Å². The van der Waals surface area contributed by atoms with Gasteiger partial charge in [-0.15, -0.1) is 0 Å². The van der Waals surface area contributed by atoms with E-state index < -0.39 is 0 Å². The minimum atomic E-state index is -0.355. The number of carbonyl (C=O) groups excluding carboxylic acids is 1. The highest BCUT2D eigenvalue weighted by molar-refractivity contribution is 6.31. The van der Waals surface area contributed by atoms with Gasteiger partial charge in [0.25, 0.3) is 5.91 Å². The fourth-order valence-corrected chi connectivity index (χ4v) is 3.62. The van der Waals surface area contributed by atoms with Crippen molar-refractivity contribution in [2.75, 3.05) is 6.61 Å². The first-order chi connectivity index (χ1) is 18.1.